The molecule has 4 radical (unpaired) electrons. The van der Waals surface area contributed by atoms with E-state index in [0.29, 0.717) is 5.92 Å². The first-order valence-corrected chi connectivity index (χ1v) is 49.4. The Morgan fingerprint density at radius 1 is 0.240 bits per heavy atom. The molecule has 0 saturated heterocycles. The smallest absolute Gasteiger partial charge is 0.150 e. The van der Waals surface area contributed by atoms with Crippen molar-refractivity contribution < 1.29 is 85.0 Å². The number of hydrogen-bond donors (Lipinski definition) is 0. The van der Waals surface area contributed by atoms with Crippen LogP contribution >= 0.6 is 0 Å². The molecule has 13 aromatic carbocycles. The second kappa shape index (κ2) is 60.9. The van der Waals surface area contributed by atoms with Gasteiger partial charge in [-0.15, -0.1) is 299 Å². The van der Waals surface area contributed by atoms with Crippen molar-refractivity contribution in [2.45, 2.75) is 86.5 Å². The molecule has 0 unspecified atom stereocenters. The van der Waals surface area contributed by atoms with E-state index in [1.54, 1.807) is 6.20 Å². The van der Waals surface area contributed by atoms with Crippen LogP contribution in [-0.2, 0) is 125 Å². The summed E-state index contributed by atoms with van der Waals surface area (Å²) in [6.07, 6.45) is 21.8. The third-order valence-corrected chi connectivity index (χ3v) is 24.1. The van der Waals surface area contributed by atoms with Gasteiger partial charge in [0, 0.05) is 140 Å². The third kappa shape index (κ3) is 35.0. The molecule has 0 aliphatic carbocycles. The van der Waals surface area contributed by atoms with Gasteiger partial charge in [0.25, 0.3) is 0 Å². The average molecular weight is 2650 g/mol. The van der Waals surface area contributed by atoms with Crippen LogP contribution in [-0.4, -0.2) is 39.9 Å². The van der Waals surface area contributed by atoms with Crippen LogP contribution in [0.1, 0.15) is 75.4 Å². The first-order valence-electron chi connectivity index (χ1n) is 49.4. The van der Waals surface area contributed by atoms with Crippen molar-refractivity contribution in [1.82, 2.24) is 39.9 Å². The van der Waals surface area contributed by atoms with Crippen molar-refractivity contribution >= 4 is 0 Å². The molecule has 0 aliphatic heterocycles. The molecule has 0 fully saturated rings. The summed E-state index contributed by atoms with van der Waals surface area (Å²) in [6, 6.07) is 178. The Kier molecular flexibility index (Phi) is 46.1. The molecule has 22 rings (SSSR count). The van der Waals surface area contributed by atoms with Crippen LogP contribution in [0.4, 0.5) is 0 Å². The van der Waals surface area contributed by atoms with Gasteiger partial charge in [-0.2, -0.15) is 23.8 Å². The van der Waals surface area contributed by atoms with Gasteiger partial charge in [-0.3, -0.25) is 0 Å². The van der Waals surface area contributed by atoms with E-state index in [0.717, 1.165) is 163 Å². The van der Waals surface area contributed by atoms with Crippen molar-refractivity contribution in [2.75, 3.05) is 0 Å². The molecule has 0 spiro atoms. The number of aromatic nitrogens is 9. The number of aryl methyl sites for hydroxylation is 10. The average Bonchev–Trinajstić information content (AvgIpc) is 0.836. The minimum atomic E-state index is 0. The molecule has 750 valence electrons. The van der Waals surface area contributed by atoms with E-state index in [9.17, 15) is 0 Å². The Morgan fingerprint density at radius 3 is 1.13 bits per heavy atom. The monoisotopic (exact) mass is 2650 g/mol. The van der Waals surface area contributed by atoms with Gasteiger partial charge < -0.3 is 44.4 Å². The van der Waals surface area contributed by atoms with Crippen molar-refractivity contribution in [3.05, 3.63) is 602 Å². The van der Waals surface area contributed by atoms with Gasteiger partial charge in [-0.1, -0.05) is 220 Å². The van der Waals surface area contributed by atoms with Crippen molar-refractivity contribution in [2.24, 2.45) is 5.92 Å². The van der Waals surface area contributed by atoms with Gasteiger partial charge in [0.15, 0.2) is 0 Å². The fourth-order valence-electron chi connectivity index (χ4n) is 16.5. The van der Waals surface area contributed by atoms with Gasteiger partial charge in [0.05, 0.1) is 6.20 Å². The van der Waals surface area contributed by atoms with E-state index in [2.05, 4.69) is 270 Å². The topological polar surface area (TPSA) is 107 Å². The third-order valence-electron chi connectivity index (χ3n) is 24.1. The SMILES string of the molecule is CC(C)Cc1cccc(-c2[c-]cccc2)n1.Cc1cc(-c2[c-]cccc2)ncc1-c1ccccc1.Cc1cccc(-c2[c-]cccc2)n1.Cc1cccc(-c2[c-]cccc2)n1.Cc1ccccc1-c1ccc(-c2[c-]cccc2)nc1.[Ir].[Ir].[Ir].[Ir].[c-]1ccc(-c2ccccc2)cc1-c1ccccn1.[c-]1ccccc1-c1ccc(CCc2ccc(CCc3cc[c-]c(-[n+]4[c-]cccc4)c3)cc2CCc2ccc(-c3[c-]cccc3)nc2)cn1. The van der Waals surface area contributed by atoms with Crippen LogP contribution in [0.5, 0.6) is 0 Å². The van der Waals surface area contributed by atoms with Crippen molar-refractivity contribution in [3.8, 4) is 129 Å². The number of rotatable bonds is 23. The maximum Gasteiger partial charge on any atom is 0.150 e. The van der Waals surface area contributed by atoms with Crippen LogP contribution in [0.2, 0.25) is 0 Å². The Morgan fingerprint density at radius 2 is 0.660 bits per heavy atom. The molecule has 0 atom stereocenters. The summed E-state index contributed by atoms with van der Waals surface area (Å²) in [4.78, 5) is 36.4. The van der Waals surface area contributed by atoms with Crippen molar-refractivity contribution in [1.29, 1.82) is 0 Å². The summed E-state index contributed by atoms with van der Waals surface area (Å²) in [5.41, 5.74) is 37.9. The van der Waals surface area contributed by atoms with E-state index < -0.39 is 0 Å². The molecule has 150 heavy (non-hydrogen) atoms. The molecule has 9 heterocycles. The van der Waals surface area contributed by atoms with Gasteiger partial charge in [0.1, 0.15) is 6.20 Å². The van der Waals surface area contributed by atoms with E-state index in [4.69, 9.17) is 9.97 Å². The molecule has 0 bridgehead atoms. The fraction of sp³-hybridized carbons (Fsp3) is 0.102. The normalized spacial score (nSPS) is 10.2. The van der Waals surface area contributed by atoms with Crippen LogP contribution in [0.25, 0.3) is 129 Å². The summed E-state index contributed by atoms with van der Waals surface area (Å²) in [6.45, 7) is 12.6. The van der Waals surface area contributed by atoms with Crippen LogP contribution < -0.4 is 4.57 Å². The van der Waals surface area contributed by atoms with Crippen LogP contribution in [0.3, 0.4) is 0 Å². The fourth-order valence-corrected chi connectivity index (χ4v) is 16.5. The van der Waals surface area contributed by atoms with E-state index in [1.807, 2.05) is 341 Å². The van der Waals surface area contributed by atoms with Gasteiger partial charge >= 0.3 is 0 Å². The molecule has 22 aromatic rings. The number of nitrogens with zero attached hydrogens (tertiary/aromatic N) is 9. The van der Waals surface area contributed by atoms with E-state index in [-0.39, 0.29) is 80.4 Å². The van der Waals surface area contributed by atoms with Gasteiger partial charge in [-0.05, 0) is 210 Å². The molecule has 0 N–H and O–H groups in total. The van der Waals surface area contributed by atoms with Crippen molar-refractivity contribution in [3.63, 3.8) is 0 Å². The first-order chi connectivity index (χ1) is 71.9. The van der Waals surface area contributed by atoms with Crippen LogP contribution in [0.15, 0.2) is 480 Å². The minimum Gasteiger partial charge on any atom is -0.307 e. The summed E-state index contributed by atoms with van der Waals surface area (Å²) in [7, 11) is 0. The number of benzene rings is 13. The Hall–Kier alpha value is -15.2. The standard InChI is InChI=1S/C45H36N3.2C18H14N.C17H12N.C15H16N.2C12H10N.4Ir/c1-4-12-40(13-5-1)44-27-22-37(33-46-44)20-25-39-24-19-36(18-17-35-11-10-16-43(32-35)48-29-8-3-9-30-48)31-42(39)26-21-38-23-28-45(47-34-38)41-14-6-2-7-15-41;1-14-12-18(16-10-6-3-7-11-16)19-13-17(14)15-8-4-2-5-9-15;1-14-7-5-6-10-17(14)16-11-12-18(19-13-16)15-8-3-2-4-9-15;1-2-7-14(8-3-1)15-9-6-10-16(13-15)17-11-4-5-12-18-17;1-12(2)11-14-9-6-10-15(16-14)13-7-4-3-5-8-13;2*1-10-6-5-9-12(13-10)11-7-3-2-4-8-11;;;;/h1-12,14,19,22-24,27-29,31-34H,17-18,20-21,25-26H2;2-10,12-13H,1H3;2-8,10-13H,1H3;1-9,11-13H;3-7,9-10,12H,11H2,1-2H3;2*2-7,9H,1H3;;;;/q-3;6*-1;;;;. The Labute approximate surface area is 940 Å². The molecule has 9 nitrogen and oxygen atoms in total. The molecule has 9 aromatic heterocycles. The Bertz CT molecular complexity index is 7560. The zero-order valence-corrected chi connectivity index (χ0v) is 94.1. The molecule has 0 amide bonds. The minimum absolute atomic E-state index is 0. The zero-order valence-electron chi connectivity index (χ0n) is 84.5. The maximum atomic E-state index is 4.75. The molecular weight excluding hydrogens is 2540 g/mol. The zero-order chi connectivity index (χ0) is 100. The van der Waals surface area contributed by atoms with Crippen LogP contribution in [0, 0.1) is 94.4 Å². The predicted molar refractivity (Wildman–Crippen MR) is 596 cm³/mol. The number of pyridine rings is 9. The van der Waals surface area contributed by atoms with E-state index in [1.165, 1.54) is 72.3 Å². The van der Waals surface area contributed by atoms with Gasteiger partial charge in [0.2, 0.25) is 0 Å². The molecule has 13 heteroatoms. The quantitative estimate of drug-likeness (QED) is 0.0460. The number of hydrogen-bond acceptors (Lipinski definition) is 8. The van der Waals surface area contributed by atoms with E-state index >= 15 is 0 Å². The summed E-state index contributed by atoms with van der Waals surface area (Å²) in [5, 5.41) is 0. The summed E-state index contributed by atoms with van der Waals surface area (Å²) < 4.78 is 1.99. The summed E-state index contributed by atoms with van der Waals surface area (Å²) >= 11 is 0. The first kappa shape index (κ1) is 114. The molecular formula is C137H112Ir4N9-9. The predicted octanol–water partition coefficient (Wildman–Crippen LogP) is 31.4. The second-order valence-corrected chi connectivity index (χ2v) is 35.4. The molecule has 0 aliphatic rings. The van der Waals surface area contributed by atoms with Gasteiger partial charge in [-0.25, -0.2) is 0 Å². The Balaban J connectivity index is 0.000000165. The largest absolute Gasteiger partial charge is 0.307 e. The maximum absolute atomic E-state index is 4.75. The second-order valence-electron chi connectivity index (χ2n) is 35.4. The summed E-state index contributed by atoms with van der Waals surface area (Å²) in [5.74, 6) is 0.641. The molecule has 0 saturated carbocycles.